The Bertz CT molecular complexity index is 785. The van der Waals surface area contributed by atoms with Gasteiger partial charge in [-0.25, -0.2) is 18.4 Å². The van der Waals surface area contributed by atoms with Crippen LogP contribution in [0.1, 0.15) is 20.7 Å². The Morgan fingerprint density at radius 2 is 1.52 bits per heavy atom. The van der Waals surface area contributed by atoms with Gasteiger partial charge in [0.25, 0.3) is 5.91 Å². The Morgan fingerprint density at radius 3 is 2.08 bits per heavy atom. The molecule has 1 N–H and O–H groups in total. The van der Waals surface area contributed by atoms with E-state index in [-0.39, 0.29) is 5.56 Å². The van der Waals surface area contributed by atoms with E-state index < -0.39 is 36.1 Å². The summed E-state index contributed by atoms with van der Waals surface area (Å²) < 4.78 is 35.3. The standard InChI is InChI=1S/C17H13F2NO5/c1-24-16(22)10-2-4-14(5-3-10)20-15(21)9-25-17(23)11-6-12(18)8-13(19)7-11/h2-8H,9H2,1H3,(H,20,21). The van der Waals surface area contributed by atoms with Crippen LogP contribution >= 0.6 is 0 Å². The van der Waals surface area contributed by atoms with Crippen molar-refractivity contribution in [3.8, 4) is 0 Å². The minimum absolute atomic E-state index is 0.306. The van der Waals surface area contributed by atoms with Gasteiger partial charge in [0.2, 0.25) is 0 Å². The van der Waals surface area contributed by atoms with Crippen LogP contribution in [0.2, 0.25) is 0 Å². The monoisotopic (exact) mass is 349 g/mol. The van der Waals surface area contributed by atoms with Crippen molar-refractivity contribution in [3.05, 3.63) is 65.2 Å². The predicted octanol–water partition coefficient (Wildman–Crippen LogP) is 2.55. The van der Waals surface area contributed by atoms with Crippen LogP contribution in [0, 0.1) is 11.6 Å². The molecule has 2 rings (SSSR count). The molecule has 0 saturated carbocycles. The summed E-state index contributed by atoms with van der Waals surface area (Å²) in [6.45, 7) is -0.643. The number of ether oxygens (including phenoxy) is 2. The largest absolute Gasteiger partial charge is 0.465 e. The van der Waals surface area contributed by atoms with E-state index >= 15 is 0 Å². The molecule has 0 saturated heterocycles. The first-order valence-electron chi connectivity index (χ1n) is 7.00. The van der Waals surface area contributed by atoms with Gasteiger partial charge < -0.3 is 14.8 Å². The molecule has 0 spiro atoms. The minimum Gasteiger partial charge on any atom is -0.465 e. The Kier molecular flexibility index (Phi) is 5.78. The molecule has 0 bridgehead atoms. The lowest BCUT2D eigenvalue weighted by atomic mass is 10.2. The lowest BCUT2D eigenvalue weighted by molar-refractivity contribution is -0.119. The summed E-state index contributed by atoms with van der Waals surface area (Å²) in [5.41, 5.74) is 0.332. The lowest BCUT2D eigenvalue weighted by Gasteiger charge is -2.07. The van der Waals surface area contributed by atoms with Crippen molar-refractivity contribution in [3.63, 3.8) is 0 Å². The first-order valence-corrected chi connectivity index (χ1v) is 7.00. The Labute approximate surface area is 141 Å². The number of amides is 1. The van der Waals surface area contributed by atoms with E-state index in [9.17, 15) is 23.2 Å². The molecule has 8 heteroatoms. The van der Waals surface area contributed by atoms with Gasteiger partial charge in [-0.05, 0) is 36.4 Å². The maximum atomic E-state index is 13.0. The number of esters is 2. The highest BCUT2D eigenvalue weighted by Crippen LogP contribution is 2.11. The van der Waals surface area contributed by atoms with Crippen molar-refractivity contribution in [1.82, 2.24) is 0 Å². The van der Waals surface area contributed by atoms with Gasteiger partial charge in [0.05, 0.1) is 18.2 Å². The summed E-state index contributed by atoms with van der Waals surface area (Å²) in [7, 11) is 1.25. The Balaban J connectivity index is 1.90. The van der Waals surface area contributed by atoms with Crippen LogP contribution < -0.4 is 5.32 Å². The van der Waals surface area contributed by atoms with Crippen LogP contribution in [0.15, 0.2) is 42.5 Å². The molecule has 1 amide bonds. The van der Waals surface area contributed by atoms with Gasteiger partial charge in [-0.1, -0.05) is 0 Å². The molecule has 0 atom stereocenters. The number of rotatable bonds is 5. The number of anilines is 1. The SMILES string of the molecule is COC(=O)c1ccc(NC(=O)COC(=O)c2cc(F)cc(F)c2)cc1. The third kappa shape index (κ3) is 5.10. The molecular formula is C17H13F2NO5. The molecule has 0 radical (unpaired) electrons. The normalized spacial score (nSPS) is 10.0. The van der Waals surface area contributed by atoms with E-state index in [2.05, 4.69) is 10.1 Å². The molecule has 0 aliphatic heterocycles. The molecule has 0 heterocycles. The fraction of sp³-hybridized carbons (Fsp3) is 0.118. The van der Waals surface area contributed by atoms with E-state index in [0.29, 0.717) is 17.3 Å². The number of carbonyl (C=O) groups excluding carboxylic acids is 3. The molecule has 2 aromatic carbocycles. The van der Waals surface area contributed by atoms with Crippen molar-refractivity contribution in [1.29, 1.82) is 0 Å². The number of hydrogen-bond donors (Lipinski definition) is 1. The summed E-state index contributed by atoms with van der Waals surface area (Å²) in [6.07, 6.45) is 0. The average molecular weight is 349 g/mol. The first-order chi connectivity index (χ1) is 11.9. The molecule has 0 unspecified atom stereocenters. The number of hydrogen-bond acceptors (Lipinski definition) is 5. The first kappa shape index (κ1) is 18.1. The zero-order valence-electron chi connectivity index (χ0n) is 13.0. The second-order valence-corrected chi connectivity index (χ2v) is 4.85. The molecule has 2 aromatic rings. The third-order valence-electron chi connectivity index (χ3n) is 3.02. The van der Waals surface area contributed by atoms with Gasteiger partial charge in [-0.15, -0.1) is 0 Å². The van der Waals surface area contributed by atoms with E-state index in [4.69, 9.17) is 4.74 Å². The van der Waals surface area contributed by atoms with Crippen LogP contribution in [0.5, 0.6) is 0 Å². The van der Waals surface area contributed by atoms with E-state index in [1.807, 2.05) is 0 Å². The van der Waals surface area contributed by atoms with E-state index in [0.717, 1.165) is 12.1 Å². The highest BCUT2D eigenvalue weighted by Gasteiger charge is 2.13. The van der Waals surface area contributed by atoms with Gasteiger partial charge in [0.15, 0.2) is 6.61 Å². The fourth-order valence-electron chi connectivity index (χ4n) is 1.89. The van der Waals surface area contributed by atoms with Crippen LogP contribution in [-0.4, -0.2) is 31.6 Å². The van der Waals surface area contributed by atoms with Gasteiger partial charge in [-0.2, -0.15) is 0 Å². The molecule has 130 valence electrons. The Hall–Kier alpha value is -3.29. The number of benzene rings is 2. The molecular weight excluding hydrogens is 336 g/mol. The minimum atomic E-state index is -1.03. The molecule has 0 aliphatic carbocycles. The molecule has 0 aromatic heterocycles. The van der Waals surface area contributed by atoms with Gasteiger partial charge in [0.1, 0.15) is 11.6 Å². The van der Waals surface area contributed by atoms with Crippen molar-refractivity contribution >= 4 is 23.5 Å². The van der Waals surface area contributed by atoms with Gasteiger partial charge >= 0.3 is 11.9 Å². The van der Waals surface area contributed by atoms with Crippen LogP contribution in [0.4, 0.5) is 14.5 Å². The molecule has 0 fully saturated rings. The maximum Gasteiger partial charge on any atom is 0.338 e. The summed E-state index contributed by atoms with van der Waals surface area (Å²) in [4.78, 5) is 34.7. The van der Waals surface area contributed by atoms with Crippen molar-refractivity contribution in [2.75, 3.05) is 19.0 Å². The number of carbonyl (C=O) groups is 3. The highest BCUT2D eigenvalue weighted by molar-refractivity contribution is 5.96. The summed E-state index contributed by atoms with van der Waals surface area (Å²) in [6, 6.07) is 8.04. The number of methoxy groups -OCH3 is 1. The van der Waals surface area contributed by atoms with E-state index in [1.165, 1.54) is 31.4 Å². The quantitative estimate of drug-likeness (QED) is 0.839. The van der Waals surface area contributed by atoms with Crippen molar-refractivity contribution in [2.24, 2.45) is 0 Å². The zero-order valence-corrected chi connectivity index (χ0v) is 13.0. The van der Waals surface area contributed by atoms with Gasteiger partial charge in [-0.3, -0.25) is 4.79 Å². The summed E-state index contributed by atoms with van der Waals surface area (Å²) >= 11 is 0. The maximum absolute atomic E-state index is 13.0. The second kappa shape index (κ2) is 8.00. The summed E-state index contributed by atoms with van der Waals surface area (Å²) in [5.74, 6) is -4.07. The van der Waals surface area contributed by atoms with Gasteiger partial charge in [0, 0.05) is 11.8 Å². The van der Waals surface area contributed by atoms with E-state index in [1.54, 1.807) is 0 Å². The highest BCUT2D eigenvalue weighted by atomic mass is 19.1. The zero-order chi connectivity index (χ0) is 18.4. The average Bonchev–Trinajstić information content (AvgIpc) is 2.58. The number of halogens is 2. The lowest BCUT2D eigenvalue weighted by Crippen LogP contribution is -2.21. The second-order valence-electron chi connectivity index (χ2n) is 4.85. The fourth-order valence-corrected chi connectivity index (χ4v) is 1.89. The summed E-state index contributed by atoms with van der Waals surface area (Å²) in [5, 5.41) is 2.44. The van der Waals surface area contributed by atoms with Crippen molar-refractivity contribution < 1.29 is 32.6 Å². The predicted molar refractivity (Wildman–Crippen MR) is 83.1 cm³/mol. The topological polar surface area (TPSA) is 81.7 Å². The van der Waals surface area contributed by atoms with Crippen LogP contribution in [0.25, 0.3) is 0 Å². The van der Waals surface area contributed by atoms with Crippen LogP contribution in [-0.2, 0) is 14.3 Å². The van der Waals surface area contributed by atoms with Crippen LogP contribution in [0.3, 0.4) is 0 Å². The molecule has 0 aliphatic rings. The smallest absolute Gasteiger partial charge is 0.338 e. The van der Waals surface area contributed by atoms with Crippen molar-refractivity contribution in [2.45, 2.75) is 0 Å². The molecule has 25 heavy (non-hydrogen) atoms. The third-order valence-corrected chi connectivity index (χ3v) is 3.02. The molecule has 6 nitrogen and oxygen atoms in total. The number of nitrogens with one attached hydrogen (secondary N) is 1. The Morgan fingerprint density at radius 1 is 0.920 bits per heavy atom.